The van der Waals surface area contributed by atoms with Crippen LogP contribution in [0.2, 0.25) is 0 Å². The third kappa shape index (κ3) is 4.07. The highest BCUT2D eigenvalue weighted by Gasteiger charge is 2.28. The van der Waals surface area contributed by atoms with Crippen molar-refractivity contribution in [3.63, 3.8) is 0 Å². The topological polar surface area (TPSA) is 78.4 Å². The summed E-state index contributed by atoms with van der Waals surface area (Å²) in [4.78, 5) is 22.1. The molecule has 4 aromatic rings. The molecule has 0 radical (unpaired) electrons. The Hall–Kier alpha value is -4.00. The van der Waals surface area contributed by atoms with Crippen molar-refractivity contribution >= 4 is 28.5 Å². The number of para-hydroxylation sites is 2. The number of ether oxygens (including phenoxy) is 3. The molecule has 0 aliphatic heterocycles. The van der Waals surface area contributed by atoms with Gasteiger partial charge in [-0.1, -0.05) is 12.1 Å². The van der Waals surface area contributed by atoms with Crippen molar-refractivity contribution in [2.24, 2.45) is 0 Å². The van der Waals surface area contributed by atoms with Crippen LogP contribution in [-0.2, 0) is 0 Å². The lowest BCUT2D eigenvalue weighted by molar-refractivity contribution is 0.105. The van der Waals surface area contributed by atoms with E-state index in [1.54, 1.807) is 12.1 Å². The van der Waals surface area contributed by atoms with Crippen molar-refractivity contribution in [3.8, 4) is 17.2 Å². The Morgan fingerprint density at radius 2 is 1.71 bits per heavy atom. The first-order chi connectivity index (χ1) is 16.9. The molecule has 2 heterocycles. The quantitative estimate of drug-likeness (QED) is 0.261. The molecule has 0 unspecified atom stereocenters. The van der Waals surface area contributed by atoms with Gasteiger partial charge in [-0.25, -0.2) is 4.98 Å². The van der Waals surface area contributed by atoms with Crippen molar-refractivity contribution in [1.29, 1.82) is 0 Å². The Morgan fingerprint density at radius 1 is 1.03 bits per heavy atom. The summed E-state index contributed by atoms with van der Waals surface area (Å²) < 4.78 is 18.8. The van der Waals surface area contributed by atoms with Gasteiger partial charge in [0.05, 0.1) is 37.9 Å². The summed E-state index contributed by atoms with van der Waals surface area (Å²) in [6.45, 7) is 4.22. The Labute approximate surface area is 204 Å². The number of H-pyrrole nitrogens is 1. The van der Waals surface area contributed by atoms with Crippen molar-refractivity contribution in [2.75, 3.05) is 21.3 Å². The number of aromatic nitrogens is 3. The predicted molar refractivity (Wildman–Crippen MR) is 137 cm³/mol. The first-order valence-corrected chi connectivity index (χ1v) is 11.6. The number of ketones is 1. The molecule has 35 heavy (non-hydrogen) atoms. The number of hydrogen-bond donors (Lipinski definition) is 1. The predicted octanol–water partition coefficient (Wildman–Crippen LogP) is 5.77. The van der Waals surface area contributed by atoms with Gasteiger partial charge in [0, 0.05) is 23.0 Å². The van der Waals surface area contributed by atoms with Gasteiger partial charge in [0.25, 0.3) is 0 Å². The molecule has 2 aromatic heterocycles. The molecule has 1 aliphatic carbocycles. The lowest BCUT2D eigenvalue weighted by Crippen LogP contribution is -2.07. The number of fused-ring (bicyclic) bond motifs is 1. The van der Waals surface area contributed by atoms with Crippen molar-refractivity contribution in [1.82, 2.24) is 14.5 Å². The molecule has 1 aliphatic rings. The molecule has 5 rings (SSSR count). The maximum absolute atomic E-state index is 14.0. The highest BCUT2D eigenvalue weighted by Crippen LogP contribution is 2.41. The van der Waals surface area contributed by atoms with Gasteiger partial charge in [0.2, 0.25) is 5.75 Å². The van der Waals surface area contributed by atoms with E-state index in [4.69, 9.17) is 19.2 Å². The largest absolute Gasteiger partial charge is 0.493 e. The Balaban J connectivity index is 1.68. The van der Waals surface area contributed by atoms with E-state index in [1.165, 1.54) is 39.9 Å². The second-order valence-electron chi connectivity index (χ2n) is 8.83. The molecule has 2 aromatic carbocycles. The van der Waals surface area contributed by atoms with Gasteiger partial charge in [-0.3, -0.25) is 4.79 Å². The van der Waals surface area contributed by atoms with Crippen LogP contribution in [0.4, 0.5) is 0 Å². The molecule has 7 heteroatoms. The highest BCUT2D eigenvalue weighted by molar-refractivity contribution is 6.32. The minimum Gasteiger partial charge on any atom is -0.493 e. The number of allylic oxidation sites excluding steroid dienone is 1. The number of imidazole rings is 1. The molecular formula is C28H29N3O4. The van der Waals surface area contributed by atoms with Crippen LogP contribution in [0.15, 0.2) is 42.5 Å². The van der Waals surface area contributed by atoms with E-state index in [2.05, 4.69) is 29.5 Å². The summed E-state index contributed by atoms with van der Waals surface area (Å²) in [5.74, 6) is 1.60. The lowest BCUT2D eigenvalue weighted by Gasteiger charge is -2.14. The first-order valence-electron chi connectivity index (χ1n) is 11.6. The monoisotopic (exact) mass is 471 g/mol. The van der Waals surface area contributed by atoms with E-state index in [1.807, 2.05) is 30.3 Å². The summed E-state index contributed by atoms with van der Waals surface area (Å²) >= 11 is 0. The van der Waals surface area contributed by atoms with Gasteiger partial charge >= 0.3 is 0 Å². The molecule has 0 spiro atoms. The minimum atomic E-state index is -0.195. The van der Waals surface area contributed by atoms with Crippen LogP contribution in [0.3, 0.4) is 0 Å². The Morgan fingerprint density at radius 3 is 2.31 bits per heavy atom. The number of aromatic amines is 1. The third-order valence-electron chi connectivity index (χ3n) is 6.55. The third-order valence-corrected chi connectivity index (χ3v) is 6.55. The van der Waals surface area contributed by atoms with E-state index in [0.717, 1.165) is 22.3 Å². The fourth-order valence-electron chi connectivity index (χ4n) is 4.69. The molecule has 1 fully saturated rings. The molecule has 0 bridgehead atoms. The van der Waals surface area contributed by atoms with Crippen molar-refractivity contribution in [3.05, 3.63) is 70.8 Å². The number of nitrogens with one attached hydrogen (secondary N) is 1. The highest BCUT2D eigenvalue weighted by atomic mass is 16.5. The second-order valence-corrected chi connectivity index (χ2v) is 8.83. The molecule has 0 atom stereocenters. The molecule has 0 saturated heterocycles. The van der Waals surface area contributed by atoms with E-state index in [0.29, 0.717) is 40.3 Å². The number of carbonyl (C=O) groups is 1. The second kappa shape index (κ2) is 8.98. The molecule has 7 nitrogen and oxygen atoms in total. The van der Waals surface area contributed by atoms with Gasteiger partial charge in [-0.15, -0.1) is 0 Å². The number of carbonyl (C=O) groups excluding carboxylic acids is 1. The lowest BCUT2D eigenvalue weighted by atomic mass is 9.99. The maximum atomic E-state index is 14.0. The molecule has 0 amide bonds. The smallest absolute Gasteiger partial charge is 0.203 e. The van der Waals surface area contributed by atoms with Crippen LogP contribution in [-0.4, -0.2) is 41.6 Å². The van der Waals surface area contributed by atoms with Crippen LogP contribution in [0, 0.1) is 13.8 Å². The molecule has 180 valence electrons. The first kappa shape index (κ1) is 22.8. The SMILES string of the molecule is COc1cc(C(=O)C(=Cc2cc(C)n(C3CC3)c2C)c2nc3ccccc3[nH]2)cc(OC)c1OC. The van der Waals surface area contributed by atoms with Crippen LogP contribution in [0.5, 0.6) is 17.2 Å². The summed E-state index contributed by atoms with van der Waals surface area (Å²) in [6, 6.07) is 13.8. The normalized spacial score (nSPS) is 13.8. The van der Waals surface area contributed by atoms with E-state index >= 15 is 0 Å². The number of methoxy groups -OCH3 is 3. The van der Waals surface area contributed by atoms with Crippen molar-refractivity contribution in [2.45, 2.75) is 32.7 Å². The number of rotatable bonds is 8. The number of Topliss-reactive ketones (excluding diaryl/α,β-unsaturated/α-hetero) is 1. The van der Waals surface area contributed by atoms with Crippen LogP contribution < -0.4 is 14.2 Å². The van der Waals surface area contributed by atoms with E-state index in [-0.39, 0.29) is 5.78 Å². The zero-order valence-corrected chi connectivity index (χ0v) is 20.6. The zero-order valence-electron chi connectivity index (χ0n) is 20.6. The van der Waals surface area contributed by atoms with Crippen LogP contribution >= 0.6 is 0 Å². The Kier molecular flexibility index (Phi) is 5.84. The minimum absolute atomic E-state index is 0.195. The molecule has 1 N–H and O–H groups in total. The standard InChI is InChI=1S/C28H29N3O4/c1-16-12-18(17(2)31(16)20-10-11-20)13-21(28-29-22-8-6-7-9-23(22)30-28)26(32)19-14-24(33-3)27(35-5)25(15-19)34-4/h6-9,12-15,20H,10-11H2,1-5H3,(H,29,30). The van der Waals surface area contributed by atoms with Gasteiger partial charge in [0.15, 0.2) is 17.3 Å². The average Bonchev–Trinajstić information content (AvgIpc) is 3.54. The number of aryl methyl sites for hydroxylation is 1. The Bertz CT molecular complexity index is 1400. The summed E-state index contributed by atoms with van der Waals surface area (Å²) in [5.41, 5.74) is 5.90. The average molecular weight is 472 g/mol. The van der Waals surface area contributed by atoms with Crippen LogP contribution in [0.1, 0.15) is 52.0 Å². The molecule has 1 saturated carbocycles. The zero-order chi connectivity index (χ0) is 24.7. The van der Waals surface area contributed by atoms with Crippen molar-refractivity contribution < 1.29 is 19.0 Å². The van der Waals surface area contributed by atoms with Gasteiger partial charge in [-0.2, -0.15) is 0 Å². The van der Waals surface area contributed by atoms with Gasteiger partial charge in [0.1, 0.15) is 5.82 Å². The summed E-state index contributed by atoms with van der Waals surface area (Å²) in [6.07, 6.45) is 4.32. The van der Waals surface area contributed by atoms with E-state index < -0.39 is 0 Å². The fourth-order valence-corrected chi connectivity index (χ4v) is 4.69. The van der Waals surface area contributed by atoms with Gasteiger partial charge < -0.3 is 23.8 Å². The fraction of sp³-hybridized carbons (Fsp3) is 0.286. The summed E-state index contributed by atoms with van der Waals surface area (Å²) in [7, 11) is 4.61. The van der Waals surface area contributed by atoms with Crippen LogP contribution in [0.25, 0.3) is 22.7 Å². The maximum Gasteiger partial charge on any atom is 0.203 e. The number of benzene rings is 2. The van der Waals surface area contributed by atoms with Gasteiger partial charge in [-0.05, 0) is 68.7 Å². The molecular weight excluding hydrogens is 442 g/mol. The summed E-state index contributed by atoms with van der Waals surface area (Å²) in [5, 5.41) is 0. The van der Waals surface area contributed by atoms with E-state index in [9.17, 15) is 4.79 Å². The number of hydrogen-bond acceptors (Lipinski definition) is 5. The number of nitrogens with zero attached hydrogens (tertiary/aromatic N) is 2.